The summed E-state index contributed by atoms with van der Waals surface area (Å²) in [6, 6.07) is 0. The van der Waals surface area contributed by atoms with E-state index in [-0.39, 0.29) is 32.0 Å². The minimum Gasteiger partial charge on any atom is -0.481 e. The number of hydrogen-bond donors (Lipinski definition) is 2. The molecule has 1 amide bonds. The van der Waals surface area contributed by atoms with E-state index in [0.717, 1.165) is 19.3 Å². The van der Waals surface area contributed by atoms with Gasteiger partial charge in [0.05, 0.1) is 13.0 Å². The highest BCUT2D eigenvalue weighted by Gasteiger charge is 2.13. The molecule has 0 atom stereocenters. The molecule has 0 aliphatic heterocycles. The lowest BCUT2D eigenvalue weighted by molar-refractivity contribution is -0.138. The molecule has 0 heterocycles. The maximum absolute atomic E-state index is 12.0. The standard InChI is InChI=1S/C19H37NO4/c1-2-3-4-5-6-7-8-9-10-11-12-13-18(22)20(16-17-21)15-14-19(23)24/h21H,2-17H2,1H3,(H,23,24). The molecule has 0 aliphatic rings. The summed E-state index contributed by atoms with van der Waals surface area (Å²) in [7, 11) is 0. The predicted octanol–water partition coefficient (Wildman–Crippen LogP) is 3.98. The largest absolute Gasteiger partial charge is 0.481 e. The third kappa shape index (κ3) is 14.5. The summed E-state index contributed by atoms with van der Waals surface area (Å²) in [5, 5.41) is 17.7. The topological polar surface area (TPSA) is 77.8 Å². The number of carboxylic acid groups (broad SMARTS) is 1. The number of carboxylic acids is 1. The lowest BCUT2D eigenvalue weighted by Gasteiger charge is -2.20. The molecule has 0 aliphatic carbocycles. The summed E-state index contributed by atoms with van der Waals surface area (Å²) < 4.78 is 0. The van der Waals surface area contributed by atoms with Gasteiger partial charge in [0, 0.05) is 19.5 Å². The van der Waals surface area contributed by atoms with Crippen LogP contribution in [0.5, 0.6) is 0 Å². The molecule has 0 saturated heterocycles. The van der Waals surface area contributed by atoms with E-state index in [1.165, 1.54) is 56.3 Å². The third-order valence-corrected chi connectivity index (χ3v) is 4.31. The molecule has 5 heteroatoms. The van der Waals surface area contributed by atoms with Crippen molar-refractivity contribution in [2.24, 2.45) is 0 Å². The van der Waals surface area contributed by atoms with Crippen LogP contribution in [0.1, 0.15) is 90.4 Å². The van der Waals surface area contributed by atoms with Crippen molar-refractivity contribution in [3.05, 3.63) is 0 Å². The second-order valence-corrected chi connectivity index (χ2v) is 6.53. The van der Waals surface area contributed by atoms with E-state index in [0.29, 0.717) is 6.42 Å². The molecule has 142 valence electrons. The van der Waals surface area contributed by atoms with Crippen LogP contribution in [0.15, 0.2) is 0 Å². The van der Waals surface area contributed by atoms with Gasteiger partial charge in [-0.1, -0.05) is 71.1 Å². The van der Waals surface area contributed by atoms with Gasteiger partial charge < -0.3 is 15.1 Å². The van der Waals surface area contributed by atoms with Gasteiger partial charge in [-0.15, -0.1) is 0 Å². The Morgan fingerprint density at radius 1 is 0.750 bits per heavy atom. The first-order valence-electron chi connectivity index (χ1n) is 9.72. The van der Waals surface area contributed by atoms with Gasteiger partial charge in [0.1, 0.15) is 0 Å². The van der Waals surface area contributed by atoms with Gasteiger partial charge in [0.15, 0.2) is 0 Å². The van der Waals surface area contributed by atoms with Crippen LogP contribution in [-0.2, 0) is 9.59 Å². The average molecular weight is 344 g/mol. The van der Waals surface area contributed by atoms with Crippen LogP contribution in [0.4, 0.5) is 0 Å². The Kier molecular flexibility index (Phi) is 16.0. The summed E-state index contributed by atoms with van der Waals surface area (Å²) in [5.41, 5.74) is 0. The number of aliphatic carboxylic acids is 1. The van der Waals surface area contributed by atoms with E-state index in [9.17, 15) is 9.59 Å². The van der Waals surface area contributed by atoms with E-state index in [2.05, 4.69) is 6.92 Å². The van der Waals surface area contributed by atoms with Gasteiger partial charge in [-0.25, -0.2) is 0 Å². The van der Waals surface area contributed by atoms with E-state index in [1.54, 1.807) is 0 Å². The van der Waals surface area contributed by atoms with Gasteiger partial charge in [-0.05, 0) is 6.42 Å². The minimum atomic E-state index is -0.916. The predicted molar refractivity (Wildman–Crippen MR) is 97.0 cm³/mol. The van der Waals surface area contributed by atoms with Crippen LogP contribution in [0, 0.1) is 0 Å². The molecule has 0 unspecified atom stereocenters. The normalized spacial score (nSPS) is 10.8. The highest BCUT2D eigenvalue weighted by Crippen LogP contribution is 2.12. The van der Waals surface area contributed by atoms with Crippen LogP contribution in [-0.4, -0.2) is 46.7 Å². The van der Waals surface area contributed by atoms with Crippen LogP contribution < -0.4 is 0 Å². The zero-order valence-corrected chi connectivity index (χ0v) is 15.5. The van der Waals surface area contributed by atoms with Gasteiger partial charge in [-0.2, -0.15) is 0 Å². The average Bonchev–Trinajstić information content (AvgIpc) is 2.56. The lowest BCUT2D eigenvalue weighted by Crippen LogP contribution is -2.35. The maximum Gasteiger partial charge on any atom is 0.305 e. The van der Waals surface area contributed by atoms with Crippen molar-refractivity contribution in [3.8, 4) is 0 Å². The van der Waals surface area contributed by atoms with Crippen LogP contribution in [0.3, 0.4) is 0 Å². The number of carbonyl (C=O) groups excluding carboxylic acids is 1. The number of aliphatic hydroxyl groups is 1. The highest BCUT2D eigenvalue weighted by molar-refractivity contribution is 5.77. The number of hydrogen-bond acceptors (Lipinski definition) is 3. The van der Waals surface area contributed by atoms with Crippen molar-refractivity contribution in [2.75, 3.05) is 19.7 Å². The molecule has 0 aromatic heterocycles. The molecule has 0 rings (SSSR count). The fourth-order valence-electron chi connectivity index (χ4n) is 2.81. The van der Waals surface area contributed by atoms with Crippen molar-refractivity contribution in [1.82, 2.24) is 4.90 Å². The van der Waals surface area contributed by atoms with E-state index < -0.39 is 5.97 Å². The van der Waals surface area contributed by atoms with Crippen molar-refractivity contribution >= 4 is 11.9 Å². The smallest absolute Gasteiger partial charge is 0.305 e. The Labute approximate surface area is 147 Å². The third-order valence-electron chi connectivity index (χ3n) is 4.31. The summed E-state index contributed by atoms with van der Waals surface area (Å²) in [4.78, 5) is 24.1. The Balaban J connectivity index is 3.56. The Bertz CT molecular complexity index is 320. The second kappa shape index (κ2) is 16.7. The van der Waals surface area contributed by atoms with Gasteiger partial charge in [-0.3, -0.25) is 9.59 Å². The number of amides is 1. The molecule has 5 nitrogen and oxygen atoms in total. The molecule has 0 bridgehead atoms. The highest BCUT2D eigenvalue weighted by atomic mass is 16.4. The van der Waals surface area contributed by atoms with Crippen LogP contribution in [0.25, 0.3) is 0 Å². The number of unbranched alkanes of at least 4 members (excludes halogenated alkanes) is 10. The maximum atomic E-state index is 12.0. The van der Waals surface area contributed by atoms with Crippen molar-refractivity contribution in [2.45, 2.75) is 90.4 Å². The summed E-state index contributed by atoms with van der Waals surface area (Å²) >= 11 is 0. The molecule has 24 heavy (non-hydrogen) atoms. The van der Waals surface area contributed by atoms with E-state index >= 15 is 0 Å². The quantitative estimate of drug-likeness (QED) is 0.392. The molecular formula is C19H37NO4. The first-order valence-corrected chi connectivity index (χ1v) is 9.72. The lowest BCUT2D eigenvalue weighted by atomic mass is 10.1. The fourth-order valence-corrected chi connectivity index (χ4v) is 2.81. The number of aliphatic hydroxyl groups excluding tert-OH is 1. The molecule has 0 spiro atoms. The molecule has 0 aromatic rings. The molecule has 2 N–H and O–H groups in total. The van der Waals surface area contributed by atoms with Gasteiger partial charge >= 0.3 is 5.97 Å². The SMILES string of the molecule is CCCCCCCCCCCCCC(=O)N(CCO)CCC(=O)O. The monoisotopic (exact) mass is 343 g/mol. The van der Waals surface area contributed by atoms with Crippen molar-refractivity contribution in [1.29, 1.82) is 0 Å². The molecule has 0 aromatic carbocycles. The first-order chi connectivity index (χ1) is 11.6. The van der Waals surface area contributed by atoms with Crippen molar-refractivity contribution in [3.63, 3.8) is 0 Å². The zero-order valence-electron chi connectivity index (χ0n) is 15.5. The number of carbonyl (C=O) groups is 2. The number of nitrogens with zero attached hydrogens (tertiary/aromatic N) is 1. The van der Waals surface area contributed by atoms with Gasteiger partial charge in [0.25, 0.3) is 0 Å². The summed E-state index contributed by atoms with van der Waals surface area (Å²) in [6.45, 7) is 2.53. The Morgan fingerprint density at radius 3 is 1.71 bits per heavy atom. The van der Waals surface area contributed by atoms with E-state index in [1.807, 2.05) is 0 Å². The molecule has 0 saturated carbocycles. The van der Waals surface area contributed by atoms with Crippen LogP contribution in [0.2, 0.25) is 0 Å². The molecule has 0 radical (unpaired) electrons. The summed E-state index contributed by atoms with van der Waals surface area (Å²) in [5.74, 6) is -0.957. The van der Waals surface area contributed by atoms with Crippen LogP contribution >= 0.6 is 0 Å². The Hall–Kier alpha value is -1.10. The number of rotatable bonds is 17. The van der Waals surface area contributed by atoms with Gasteiger partial charge in [0.2, 0.25) is 5.91 Å². The Morgan fingerprint density at radius 2 is 1.25 bits per heavy atom. The second-order valence-electron chi connectivity index (χ2n) is 6.53. The van der Waals surface area contributed by atoms with E-state index in [4.69, 9.17) is 10.2 Å². The fraction of sp³-hybridized carbons (Fsp3) is 0.895. The molecule has 0 fully saturated rings. The molecular weight excluding hydrogens is 306 g/mol. The minimum absolute atomic E-state index is 0.0405. The van der Waals surface area contributed by atoms with Crippen molar-refractivity contribution < 1.29 is 19.8 Å². The summed E-state index contributed by atoms with van der Waals surface area (Å²) in [6.07, 6.45) is 14.0. The zero-order chi connectivity index (χ0) is 18.0. The first kappa shape index (κ1) is 22.9.